The van der Waals surface area contributed by atoms with Gasteiger partial charge in [-0.1, -0.05) is 25.3 Å². The SMILES string of the molecule is C=C/C(=C\C=N)CN(CC)c1ccc(OC)cc1.C=Cc1cc(C)cc(OC)c1OC. The lowest BCUT2D eigenvalue weighted by Crippen LogP contribution is -2.24. The zero-order chi connectivity index (χ0) is 23.2. The van der Waals surface area contributed by atoms with Gasteiger partial charge in [0, 0.05) is 30.6 Å². The summed E-state index contributed by atoms with van der Waals surface area (Å²) in [5, 5.41) is 7.11. The Labute approximate surface area is 186 Å². The van der Waals surface area contributed by atoms with E-state index in [0.717, 1.165) is 52.7 Å². The summed E-state index contributed by atoms with van der Waals surface area (Å²) >= 11 is 0. The molecule has 0 atom stereocenters. The van der Waals surface area contributed by atoms with E-state index in [1.54, 1.807) is 39.6 Å². The van der Waals surface area contributed by atoms with Gasteiger partial charge in [0.15, 0.2) is 11.5 Å². The van der Waals surface area contributed by atoms with E-state index in [4.69, 9.17) is 19.6 Å². The van der Waals surface area contributed by atoms with Crippen molar-refractivity contribution < 1.29 is 14.2 Å². The summed E-state index contributed by atoms with van der Waals surface area (Å²) in [6, 6.07) is 11.9. The van der Waals surface area contributed by atoms with Gasteiger partial charge in [-0.3, -0.25) is 0 Å². The molecule has 0 radical (unpaired) electrons. The van der Waals surface area contributed by atoms with Gasteiger partial charge in [0.1, 0.15) is 5.75 Å². The van der Waals surface area contributed by atoms with Crippen molar-refractivity contribution in [1.29, 1.82) is 5.41 Å². The number of nitrogens with one attached hydrogen (secondary N) is 1. The molecule has 0 amide bonds. The van der Waals surface area contributed by atoms with Crippen LogP contribution in [0.15, 0.2) is 67.3 Å². The van der Waals surface area contributed by atoms with Crippen LogP contribution in [0, 0.1) is 12.3 Å². The molecule has 0 fully saturated rings. The minimum Gasteiger partial charge on any atom is -0.497 e. The van der Waals surface area contributed by atoms with E-state index in [1.807, 2.05) is 43.3 Å². The zero-order valence-corrected chi connectivity index (χ0v) is 19.3. The monoisotopic (exact) mass is 422 g/mol. The van der Waals surface area contributed by atoms with Gasteiger partial charge in [-0.25, -0.2) is 0 Å². The molecule has 0 aliphatic heterocycles. The van der Waals surface area contributed by atoms with E-state index in [1.165, 1.54) is 6.21 Å². The van der Waals surface area contributed by atoms with Gasteiger partial charge in [-0.15, -0.1) is 0 Å². The van der Waals surface area contributed by atoms with Gasteiger partial charge in [0.2, 0.25) is 0 Å². The lowest BCUT2D eigenvalue weighted by atomic mass is 10.1. The van der Waals surface area contributed by atoms with Crippen LogP contribution in [-0.2, 0) is 0 Å². The number of anilines is 1. The molecule has 0 bridgehead atoms. The molecule has 0 aliphatic carbocycles. The molecule has 0 heterocycles. The molecule has 0 aromatic heterocycles. The molecule has 0 unspecified atom stereocenters. The van der Waals surface area contributed by atoms with E-state index >= 15 is 0 Å². The number of rotatable bonds is 10. The topological polar surface area (TPSA) is 54.8 Å². The average molecular weight is 423 g/mol. The second-order valence-electron chi connectivity index (χ2n) is 6.62. The Morgan fingerprint density at radius 1 is 1.03 bits per heavy atom. The second kappa shape index (κ2) is 13.7. The van der Waals surface area contributed by atoms with Crippen molar-refractivity contribution in [2.45, 2.75) is 13.8 Å². The Balaban J connectivity index is 0.000000327. The number of hydrogen-bond acceptors (Lipinski definition) is 5. The summed E-state index contributed by atoms with van der Waals surface area (Å²) in [4.78, 5) is 2.22. The largest absolute Gasteiger partial charge is 0.497 e. The minimum atomic E-state index is 0.739. The Kier molecular flexibility index (Phi) is 11.3. The first-order valence-corrected chi connectivity index (χ1v) is 10.0. The number of aryl methyl sites for hydroxylation is 1. The average Bonchev–Trinajstić information content (AvgIpc) is 2.81. The highest BCUT2D eigenvalue weighted by molar-refractivity contribution is 5.70. The predicted molar refractivity (Wildman–Crippen MR) is 132 cm³/mol. The first kappa shape index (κ1) is 25.6. The smallest absolute Gasteiger partial charge is 0.167 e. The van der Waals surface area contributed by atoms with Crippen LogP contribution in [0.3, 0.4) is 0 Å². The highest BCUT2D eigenvalue weighted by Gasteiger charge is 2.08. The summed E-state index contributed by atoms with van der Waals surface area (Å²) in [5.74, 6) is 2.34. The van der Waals surface area contributed by atoms with Crippen molar-refractivity contribution in [2.24, 2.45) is 0 Å². The number of nitrogens with zero attached hydrogens (tertiary/aromatic N) is 1. The molecule has 0 saturated heterocycles. The molecule has 0 saturated carbocycles. The number of methoxy groups -OCH3 is 3. The fourth-order valence-electron chi connectivity index (χ4n) is 2.98. The Morgan fingerprint density at radius 3 is 2.16 bits per heavy atom. The van der Waals surface area contributed by atoms with E-state index < -0.39 is 0 Å². The van der Waals surface area contributed by atoms with E-state index in [0.29, 0.717) is 0 Å². The van der Waals surface area contributed by atoms with Crippen molar-refractivity contribution in [3.63, 3.8) is 0 Å². The van der Waals surface area contributed by atoms with E-state index in [-0.39, 0.29) is 0 Å². The van der Waals surface area contributed by atoms with Crippen LogP contribution in [-0.4, -0.2) is 40.6 Å². The van der Waals surface area contributed by atoms with Crippen molar-refractivity contribution in [2.75, 3.05) is 39.3 Å². The number of ether oxygens (including phenoxy) is 3. The summed E-state index contributed by atoms with van der Waals surface area (Å²) in [7, 11) is 4.92. The fourth-order valence-corrected chi connectivity index (χ4v) is 2.98. The summed E-state index contributed by atoms with van der Waals surface area (Å²) < 4.78 is 15.6. The van der Waals surface area contributed by atoms with Crippen molar-refractivity contribution in [3.05, 3.63) is 78.4 Å². The highest BCUT2D eigenvalue weighted by Crippen LogP contribution is 2.32. The Hall–Kier alpha value is -3.47. The molecular formula is C26H34N2O3. The number of hydrogen-bond donors (Lipinski definition) is 1. The summed E-state index contributed by atoms with van der Waals surface area (Å²) in [5.41, 5.74) is 4.26. The maximum atomic E-state index is 7.11. The lowest BCUT2D eigenvalue weighted by molar-refractivity contribution is 0.354. The first-order chi connectivity index (χ1) is 15.0. The van der Waals surface area contributed by atoms with Crippen LogP contribution >= 0.6 is 0 Å². The van der Waals surface area contributed by atoms with Crippen molar-refractivity contribution >= 4 is 18.0 Å². The third-order valence-electron chi connectivity index (χ3n) is 4.62. The van der Waals surface area contributed by atoms with Gasteiger partial charge in [-0.2, -0.15) is 0 Å². The van der Waals surface area contributed by atoms with Gasteiger partial charge in [0.05, 0.1) is 21.3 Å². The van der Waals surface area contributed by atoms with Crippen molar-refractivity contribution in [3.8, 4) is 17.2 Å². The molecule has 5 nitrogen and oxygen atoms in total. The van der Waals surface area contributed by atoms with Crippen LogP contribution in [0.5, 0.6) is 17.2 Å². The Bertz CT molecular complexity index is 886. The summed E-state index contributed by atoms with van der Waals surface area (Å²) in [6.45, 7) is 13.3. The molecule has 31 heavy (non-hydrogen) atoms. The van der Waals surface area contributed by atoms with Gasteiger partial charge in [0.25, 0.3) is 0 Å². The zero-order valence-electron chi connectivity index (χ0n) is 19.3. The first-order valence-electron chi connectivity index (χ1n) is 10.0. The van der Waals surface area contributed by atoms with E-state index in [2.05, 4.69) is 25.0 Å². The van der Waals surface area contributed by atoms with Gasteiger partial charge < -0.3 is 24.5 Å². The molecule has 166 valence electrons. The van der Waals surface area contributed by atoms with Crippen LogP contribution in [0.1, 0.15) is 18.1 Å². The number of allylic oxidation sites excluding steroid dienone is 1. The number of benzene rings is 2. The third-order valence-corrected chi connectivity index (χ3v) is 4.62. The summed E-state index contributed by atoms with van der Waals surface area (Å²) in [6.07, 6.45) is 6.60. The van der Waals surface area contributed by atoms with Gasteiger partial charge in [-0.05, 0) is 67.5 Å². The molecule has 0 aliphatic rings. The van der Waals surface area contributed by atoms with Crippen LogP contribution in [0.2, 0.25) is 0 Å². The standard InChI is InChI=1S/C15H20N2O.C11H14O2/c1-4-13(10-11-16)12-17(5-2)14-6-8-15(18-3)9-7-14;1-5-9-6-8(2)7-10(12-3)11(9)13-4/h4,6-11,16H,1,5,12H2,2-3H3;5-7H,1H2,2-4H3/b13-10+,16-11?;. The van der Waals surface area contributed by atoms with Crippen LogP contribution in [0.4, 0.5) is 5.69 Å². The Morgan fingerprint density at radius 2 is 1.71 bits per heavy atom. The molecule has 5 heteroatoms. The molecule has 2 aromatic rings. The van der Waals surface area contributed by atoms with Gasteiger partial charge >= 0.3 is 0 Å². The third kappa shape index (κ3) is 7.70. The van der Waals surface area contributed by atoms with Crippen LogP contribution in [0.25, 0.3) is 6.08 Å². The predicted octanol–water partition coefficient (Wildman–Crippen LogP) is 5.94. The van der Waals surface area contributed by atoms with E-state index in [9.17, 15) is 0 Å². The molecular weight excluding hydrogens is 388 g/mol. The van der Waals surface area contributed by atoms with Crippen molar-refractivity contribution in [1.82, 2.24) is 0 Å². The molecule has 2 aromatic carbocycles. The fraction of sp³-hybridized carbons (Fsp3) is 0.269. The second-order valence-corrected chi connectivity index (χ2v) is 6.62. The normalized spacial score (nSPS) is 10.3. The number of likely N-dealkylation sites (N-methyl/N-ethyl adjacent to an activating group) is 1. The minimum absolute atomic E-state index is 0.739. The highest BCUT2D eigenvalue weighted by atomic mass is 16.5. The molecule has 1 N–H and O–H groups in total. The quantitative estimate of drug-likeness (QED) is 0.380. The molecule has 0 spiro atoms. The maximum Gasteiger partial charge on any atom is 0.167 e. The maximum absolute atomic E-state index is 7.11. The lowest BCUT2D eigenvalue weighted by Gasteiger charge is -2.23. The van der Waals surface area contributed by atoms with Crippen LogP contribution < -0.4 is 19.1 Å². The molecule has 2 rings (SSSR count).